The van der Waals surface area contributed by atoms with Crippen molar-refractivity contribution in [2.75, 3.05) is 0 Å². The summed E-state index contributed by atoms with van der Waals surface area (Å²) in [4.78, 5) is 0. The summed E-state index contributed by atoms with van der Waals surface area (Å²) < 4.78 is 2.87. The van der Waals surface area contributed by atoms with Gasteiger partial charge in [0.1, 0.15) is 0 Å². The van der Waals surface area contributed by atoms with E-state index in [-0.39, 0.29) is 27.2 Å². The third-order valence-electron chi connectivity index (χ3n) is 2.32. The van der Waals surface area contributed by atoms with Gasteiger partial charge in [-0.2, -0.15) is 0 Å². The van der Waals surface area contributed by atoms with Gasteiger partial charge in [-0.05, 0) is 0 Å². The van der Waals surface area contributed by atoms with E-state index < -0.39 is 0 Å². The van der Waals surface area contributed by atoms with Crippen molar-refractivity contribution in [2.45, 2.75) is 0 Å². The van der Waals surface area contributed by atoms with E-state index in [0.29, 0.717) is 0 Å². The Balaban J connectivity index is 2.28. The minimum atomic E-state index is -0.0913. The third-order valence-corrected chi connectivity index (χ3v) is 9.39. The molecule has 0 N–H and O–H groups in total. The molecular weight excluding hydrogens is 449 g/mol. The second kappa shape index (κ2) is 6.43. The molecule has 0 atom stereocenters. The summed E-state index contributed by atoms with van der Waals surface area (Å²) in [6.07, 6.45) is 0. The molecule has 2 rings (SSSR count). The molecule has 4 heteroatoms. The molecule has 0 heterocycles. The number of rotatable bonds is 3. The van der Waals surface area contributed by atoms with Crippen LogP contribution in [0.2, 0.25) is 0 Å². The summed E-state index contributed by atoms with van der Waals surface area (Å²) in [5.74, 6) is 0. The molecule has 0 amide bonds. The molecule has 0 fully saturated rings. The van der Waals surface area contributed by atoms with Crippen LogP contribution >= 0.6 is 28.0 Å². The van der Waals surface area contributed by atoms with Gasteiger partial charge < -0.3 is 0 Å². The first-order valence-corrected chi connectivity index (χ1v) is 16.7. The van der Waals surface area contributed by atoms with Crippen molar-refractivity contribution in [1.29, 1.82) is 0 Å². The Morgan fingerprint density at radius 2 is 0.875 bits per heavy atom. The van der Waals surface area contributed by atoms with Crippen LogP contribution in [0.5, 0.6) is 0 Å². The van der Waals surface area contributed by atoms with Crippen molar-refractivity contribution in [3.8, 4) is 11.1 Å². The van der Waals surface area contributed by atoms with Gasteiger partial charge in [-0.15, -0.1) is 0 Å². The van der Waals surface area contributed by atoms with Gasteiger partial charge >= 0.3 is 124 Å². The van der Waals surface area contributed by atoms with Gasteiger partial charge in [0.15, 0.2) is 0 Å². The predicted octanol–water partition coefficient (Wildman–Crippen LogP) is 2.63. The van der Waals surface area contributed by atoms with Crippen molar-refractivity contribution in [2.24, 2.45) is 0 Å². The van der Waals surface area contributed by atoms with Gasteiger partial charge in [0.25, 0.3) is 0 Å². The Hall–Kier alpha value is 0.486. The Labute approximate surface area is 122 Å². The van der Waals surface area contributed by atoms with E-state index in [1.807, 2.05) is 0 Å². The summed E-state index contributed by atoms with van der Waals surface area (Å²) in [7, 11) is 0. The Bertz CT molecular complexity index is 406. The van der Waals surface area contributed by atoms with Crippen LogP contribution in [0.3, 0.4) is 0 Å². The average Bonchev–Trinajstić information content (AvgIpc) is 2.39. The summed E-state index contributed by atoms with van der Waals surface area (Å²) >= 11 is 6.98. The standard InChI is InChI=1S/C12H8Br2Ge2/c13-15-11-5-1-9(2-6-11)10-3-7-12(16-14)8-4-10/h1-8H. The van der Waals surface area contributed by atoms with Crippen molar-refractivity contribution in [3.63, 3.8) is 0 Å². The van der Waals surface area contributed by atoms with Crippen LogP contribution in [0.25, 0.3) is 11.1 Å². The molecule has 0 aliphatic carbocycles. The molecule has 0 unspecified atom stereocenters. The zero-order chi connectivity index (χ0) is 11.4. The second-order valence-corrected chi connectivity index (χ2v) is 10.7. The van der Waals surface area contributed by atoms with Gasteiger partial charge in [0, 0.05) is 0 Å². The number of halogens is 2. The van der Waals surface area contributed by atoms with Crippen LogP contribution in [0.15, 0.2) is 48.5 Å². The van der Waals surface area contributed by atoms with Crippen LogP contribution in [-0.2, 0) is 0 Å². The summed E-state index contributed by atoms with van der Waals surface area (Å²) in [6.45, 7) is 0. The van der Waals surface area contributed by atoms with Crippen LogP contribution in [-0.4, -0.2) is 27.2 Å². The fourth-order valence-corrected chi connectivity index (χ4v) is 5.43. The Morgan fingerprint density at radius 1 is 0.562 bits per heavy atom. The fraction of sp³-hybridized carbons (Fsp3) is 0. The quantitative estimate of drug-likeness (QED) is 0.623. The van der Waals surface area contributed by atoms with Crippen LogP contribution in [0.4, 0.5) is 0 Å². The molecule has 2 aromatic carbocycles. The van der Waals surface area contributed by atoms with Crippen LogP contribution in [0, 0.1) is 0 Å². The van der Waals surface area contributed by atoms with Crippen molar-refractivity contribution in [1.82, 2.24) is 0 Å². The molecule has 78 valence electrons. The van der Waals surface area contributed by atoms with E-state index in [0.717, 1.165) is 0 Å². The molecule has 0 nitrogen and oxygen atoms in total. The Morgan fingerprint density at radius 3 is 1.12 bits per heavy atom. The van der Waals surface area contributed by atoms with Gasteiger partial charge in [-0.25, -0.2) is 0 Å². The predicted molar refractivity (Wildman–Crippen MR) is 80.5 cm³/mol. The molecule has 0 bridgehead atoms. The van der Waals surface area contributed by atoms with E-state index >= 15 is 0 Å². The molecule has 2 aromatic rings. The van der Waals surface area contributed by atoms with Crippen LogP contribution in [0.1, 0.15) is 0 Å². The maximum atomic E-state index is 3.58. The molecule has 0 aromatic heterocycles. The van der Waals surface area contributed by atoms with Crippen molar-refractivity contribution < 1.29 is 0 Å². The summed E-state index contributed by atoms with van der Waals surface area (Å²) in [5, 5.41) is 0. The fourth-order valence-electron chi connectivity index (χ4n) is 1.45. The zero-order valence-electron chi connectivity index (χ0n) is 8.37. The number of benzene rings is 2. The van der Waals surface area contributed by atoms with Gasteiger partial charge in [-0.3, -0.25) is 0 Å². The number of hydrogen-bond donors (Lipinski definition) is 0. The second-order valence-electron chi connectivity index (χ2n) is 3.34. The maximum absolute atomic E-state index is 3.58. The molecule has 4 radical (unpaired) electrons. The Kier molecular flexibility index (Phi) is 5.19. The molecule has 0 saturated heterocycles. The van der Waals surface area contributed by atoms with Gasteiger partial charge in [-0.1, -0.05) is 0 Å². The average molecular weight is 457 g/mol. The molecule has 0 spiro atoms. The normalized spacial score (nSPS) is 10.4. The monoisotopic (exact) mass is 458 g/mol. The van der Waals surface area contributed by atoms with Crippen molar-refractivity contribution in [3.05, 3.63) is 48.5 Å². The van der Waals surface area contributed by atoms with Crippen molar-refractivity contribution >= 4 is 64.0 Å². The molecule has 0 aliphatic heterocycles. The molecular formula is C12H8Br2Ge2. The topological polar surface area (TPSA) is 0 Å². The van der Waals surface area contributed by atoms with E-state index in [1.165, 1.54) is 19.9 Å². The third kappa shape index (κ3) is 3.25. The molecule has 0 saturated carbocycles. The summed E-state index contributed by atoms with van der Waals surface area (Å²) in [6, 6.07) is 17.7. The van der Waals surface area contributed by atoms with Gasteiger partial charge in [0.2, 0.25) is 0 Å². The molecule has 0 aliphatic rings. The van der Waals surface area contributed by atoms with E-state index in [9.17, 15) is 0 Å². The first kappa shape index (κ1) is 12.9. The molecule has 16 heavy (non-hydrogen) atoms. The van der Waals surface area contributed by atoms with E-state index in [2.05, 4.69) is 76.5 Å². The van der Waals surface area contributed by atoms with E-state index in [4.69, 9.17) is 0 Å². The van der Waals surface area contributed by atoms with Gasteiger partial charge in [0.05, 0.1) is 0 Å². The first-order valence-electron chi connectivity index (χ1n) is 4.77. The first-order chi connectivity index (χ1) is 7.83. The SMILES string of the molecule is [Br][Ge][c]1ccc(-c2cc[c]([Ge][Br])cc2)cc1. The zero-order valence-corrected chi connectivity index (χ0v) is 15.7. The summed E-state index contributed by atoms with van der Waals surface area (Å²) in [5.41, 5.74) is 2.61. The number of hydrogen-bond acceptors (Lipinski definition) is 0. The van der Waals surface area contributed by atoms with Crippen LogP contribution < -0.4 is 8.79 Å². The minimum absolute atomic E-state index is 0.0913. The van der Waals surface area contributed by atoms with E-state index in [1.54, 1.807) is 0 Å².